The maximum Gasteiger partial charge on any atom is 0.268 e. The maximum atomic E-state index is 12.6. The Balaban J connectivity index is 1.98. The van der Waals surface area contributed by atoms with E-state index in [1.165, 1.54) is 0 Å². The summed E-state index contributed by atoms with van der Waals surface area (Å²) >= 11 is 6.25. The molecule has 0 atom stereocenters. The molecule has 0 fully saturated rings. The minimum absolute atomic E-state index is 0.137. The van der Waals surface area contributed by atoms with E-state index in [2.05, 4.69) is 15.2 Å². The van der Waals surface area contributed by atoms with Gasteiger partial charge in [0.2, 0.25) is 5.89 Å². The van der Waals surface area contributed by atoms with E-state index in [1.807, 2.05) is 10.6 Å². The molecule has 0 bridgehead atoms. The van der Waals surface area contributed by atoms with Crippen molar-refractivity contribution in [1.29, 1.82) is 0 Å². The lowest BCUT2D eigenvalue weighted by Gasteiger charge is -2.14. The minimum atomic E-state index is -0.137. The Bertz CT molecular complexity index is 930. The largest absolute Gasteiger partial charge is 0.420 e. The highest BCUT2D eigenvalue weighted by molar-refractivity contribution is 6.34. The van der Waals surface area contributed by atoms with Gasteiger partial charge in [0.25, 0.3) is 11.8 Å². The van der Waals surface area contributed by atoms with E-state index in [0.717, 1.165) is 5.69 Å². The lowest BCUT2D eigenvalue weighted by atomic mass is 10.1. The van der Waals surface area contributed by atoms with E-state index in [0.29, 0.717) is 40.3 Å². The van der Waals surface area contributed by atoms with Gasteiger partial charge in [0, 0.05) is 14.0 Å². The molecule has 2 aromatic heterocycles. The Morgan fingerprint density at radius 2 is 2.13 bits per heavy atom. The fraction of sp³-hybridized carbons (Fsp3) is 0.200. The summed E-state index contributed by atoms with van der Waals surface area (Å²) in [6.45, 7) is 2.08. The summed E-state index contributed by atoms with van der Waals surface area (Å²) in [5, 5.41) is 8.28. The van der Waals surface area contributed by atoms with E-state index >= 15 is 0 Å². The number of carbonyl (C=O) groups excluding carboxylic acids is 1. The van der Waals surface area contributed by atoms with Crippen LogP contribution in [0, 0.1) is 6.92 Å². The number of carbonyl (C=O) groups is 1. The molecule has 0 N–H and O–H groups in total. The van der Waals surface area contributed by atoms with Crippen LogP contribution in [0.25, 0.3) is 17.3 Å². The van der Waals surface area contributed by atoms with Crippen LogP contribution in [0.15, 0.2) is 28.9 Å². The number of hydrogen-bond acceptors (Lipinski definition) is 5. The van der Waals surface area contributed by atoms with E-state index in [9.17, 15) is 4.79 Å². The lowest BCUT2D eigenvalue weighted by Crippen LogP contribution is -2.25. The van der Waals surface area contributed by atoms with Gasteiger partial charge in [-0.2, -0.15) is 0 Å². The molecule has 1 aliphatic heterocycles. The molecule has 1 amide bonds. The summed E-state index contributed by atoms with van der Waals surface area (Å²) < 4.78 is 7.33. The Morgan fingerprint density at radius 1 is 1.30 bits per heavy atom. The van der Waals surface area contributed by atoms with Crippen LogP contribution in [-0.2, 0) is 6.54 Å². The van der Waals surface area contributed by atoms with Crippen molar-refractivity contribution < 1.29 is 9.21 Å². The number of nitrogens with zero attached hydrogens (tertiary/aromatic N) is 5. The van der Waals surface area contributed by atoms with Gasteiger partial charge >= 0.3 is 0 Å². The van der Waals surface area contributed by atoms with Crippen LogP contribution in [0.3, 0.4) is 0 Å². The van der Waals surface area contributed by atoms with Gasteiger partial charge in [0.05, 0.1) is 28.5 Å². The zero-order valence-electron chi connectivity index (χ0n) is 12.4. The van der Waals surface area contributed by atoms with Gasteiger partial charge in [0.15, 0.2) is 5.69 Å². The monoisotopic (exact) mass is 329 g/mol. The Labute approximate surface area is 136 Å². The summed E-state index contributed by atoms with van der Waals surface area (Å²) in [6.07, 6.45) is 1.64. The third-order valence-electron chi connectivity index (χ3n) is 3.79. The molecule has 8 heteroatoms. The fourth-order valence-corrected chi connectivity index (χ4v) is 2.97. The van der Waals surface area contributed by atoms with E-state index in [1.54, 1.807) is 37.3 Å². The van der Waals surface area contributed by atoms with E-state index in [4.69, 9.17) is 16.0 Å². The third-order valence-corrected chi connectivity index (χ3v) is 4.11. The zero-order valence-corrected chi connectivity index (χ0v) is 13.2. The van der Waals surface area contributed by atoms with Crippen molar-refractivity contribution in [1.82, 2.24) is 24.6 Å². The number of imidazole rings is 1. The number of hydrogen-bond donors (Lipinski definition) is 0. The van der Waals surface area contributed by atoms with Crippen LogP contribution in [0.4, 0.5) is 0 Å². The number of rotatable bonds is 1. The number of aromatic nitrogens is 4. The number of fused-ring (bicyclic) bond motifs is 3. The topological polar surface area (TPSA) is 77.1 Å². The molecule has 0 radical (unpaired) electrons. The van der Waals surface area contributed by atoms with Crippen LogP contribution in [0.5, 0.6) is 0 Å². The number of aryl methyl sites for hydroxylation is 1. The first-order chi connectivity index (χ1) is 11.1. The molecule has 0 spiro atoms. The Hall–Kier alpha value is -2.67. The van der Waals surface area contributed by atoms with Crippen molar-refractivity contribution in [2.75, 3.05) is 7.05 Å². The van der Waals surface area contributed by atoms with Crippen molar-refractivity contribution in [3.05, 3.63) is 46.7 Å². The van der Waals surface area contributed by atoms with Crippen LogP contribution < -0.4 is 0 Å². The smallest absolute Gasteiger partial charge is 0.268 e. The van der Waals surface area contributed by atoms with Crippen molar-refractivity contribution in [2.45, 2.75) is 13.5 Å². The Kier molecular flexibility index (Phi) is 2.99. The molecule has 4 rings (SSSR count). The molecule has 0 aliphatic carbocycles. The van der Waals surface area contributed by atoms with Crippen molar-refractivity contribution in [3.63, 3.8) is 0 Å². The fourth-order valence-electron chi connectivity index (χ4n) is 2.72. The van der Waals surface area contributed by atoms with Gasteiger partial charge in [-0.25, -0.2) is 4.98 Å². The van der Waals surface area contributed by atoms with Gasteiger partial charge in [-0.05, 0) is 12.1 Å². The molecule has 1 aliphatic rings. The zero-order chi connectivity index (χ0) is 16.1. The van der Waals surface area contributed by atoms with Crippen LogP contribution in [-0.4, -0.2) is 37.6 Å². The molecule has 0 saturated carbocycles. The highest BCUT2D eigenvalue weighted by atomic mass is 35.5. The van der Waals surface area contributed by atoms with Gasteiger partial charge in [-0.3, -0.25) is 9.36 Å². The third kappa shape index (κ3) is 2.04. The number of benzene rings is 1. The highest BCUT2D eigenvalue weighted by Crippen LogP contribution is 2.32. The summed E-state index contributed by atoms with van der Waals surface area (Å²) in [4.78, 5) is 18.6. The molecule has 3 aromatic rings. The van der Waals surface area contributed by atoms with E-state index < -0.39 is 0 Å². The van der Waals surface area contributed by atoms with Crippen molar-refractivity contribution >= 4 is 17.5 Å². The normalized spacial score (nSPS) is 13.7. The number of amides is 1. The summed E-state index contributed by atoms with van der Waals surface area (Å²) in [5.74, 6) is 0.660. The van der Waals surface area contributed by atoms with Crippen molar-refractivity contribution in [2.24, 2.45) is 0 Å². The van der Waals surface area contributed by atoms with Crippen LogP contribution in [0.2, 0.25) is 5.02 Å². The maximum absolute atomic E-state index is 12.6. The molecule has 3 heterocycles. The van der Waals surface area contributed by atoms with Crippen LogP contribution >= 0.6 is 11.6 Å². The molecular weight excluding hydrogens is 318 g/mol. The lowest BCUT2D eigenvalue weighted by molar-refractivity contribution is 0.0788. The highest BCUT2D eigenvalue weighted by Gasteiger charge is 2.29. The van der Waals surface area contributed by atoms with Gasteiger partial charge in [-0.15, -0.1) is 10.2 Å². The average Bonchev–Trinajstić information content (AvgIpc) is 3.10. The standard InChI is InChI=1S/C15H12ClN5O2/c1-8-18-19-14(23-8)13-11-6-20(2)15(22)12-9(16)4-3-5-10(12)21(11)7-17-13/h3-5,7H,6H2,1-2H3. The summed E-state index contributed by atoms with van der Waals surface area (Å²) in [6, 6.07) is 5.35. The predicted molar refractivity (Wildman–Crippen MR) is 82.4 cm³/mol. The molecule has 1 aromatic carbocycles. The molecule has 0 unspecified atom stereocenters. The van der Waals surface area contributed by atoms with Crippen molar-refractivity contribution in [3.8, 4) is 17.3 Å². The quantitative estimate of drug-likeness (QED) is 0.685. The predicted octanol–water partition coefficient (Wildman–Crippen LogP) is 2.47. The van der Waals surface area contributed by atoms with Gasteiger partial charge in [-0.1, -0.05) is 17.7 Å². The average molecular weight is 330 g/mol. The molecule has 116 valence electrons. The first-order valence-electron chi connectivity index (χ1n) is 6.97. The molecule has 7 nitrogen and oxygen atoms in total. The van der Waals surface area contributed by atoms with Crippen LogP contribution in [0.1, 0.15) is 21.9 Å². The molecule has 23 heavy (non-hydrogen) atoms. The summed E-state index contributed by atoms with van der Waals surface area (Å²) in [5.41, 5.74) is 2.52. The second-order valence-corrected chi connectivity index (χ2v) is 5.74. The summed E-state index contributed by atoms with van der Waals surface area (Å²) in [7, 11) is 1.72. The first kappa shape index (κ1) is 14.0. The Morgan fingerprint density at radius 3 is 2.87 bits per heavy atom. The van der Waals surface area contributed by atoms with Gasteiger partial charge in [0.1, 0.15) is 6.33 Å². The second-order valence-electron chi connectivity index (χ2n) is 5.33. The number of halogens is 1. The first-order valence-corrected chi connectivity index (χ1v) is 7.35. The SMILES string of the molecule is Cc1nnc(-c2ncn3c2CN(C)C(=O)c2c(Cl)cccc2-3)o1. The van der Waals surface area contributed by atoms with Gasteiger partial charge < -0.3 is 9.32 Å². The minimum Gasteiger partial charge on any atom is -0.420 e. The second kappa shape index (κ2) is 4.92. The van der Waals surface area contributed by atoms with E-state index in [-0.39, 0.29) is 5.91 Å². The molecule has 0 saturated heterocycles. The molecular formula is C15H12ClN5O2.